The van der Waals surface area contributed by atoms with E-state index in [1.165, 1.54) is 0 Å². The van der Waals surface area contributed by atoms with Crippen molar-refractivity contribution in [2.45, 2.75) is 37.6 Å². The van der Waals surface area contributed by atoms with Crippen LogP contribution in [0.4, 0.5) is 0 Å². The van der Waals surface area contributed by atoms with E-state index < -0.39 is 11.4 Å². The van der Waals surface area contributed by atoms with Crippen LogP contribution in [-0.2, 0) is 15.0 Å². The number of carbonyl (C=O) groups excluding carboxylic acids is 1. The number of benzene rings is 1. The van der Waals surface area contributed by atoms with E-state index in [-0.39, 0.29) is 11.9 Å². The molecule has 0 saturated carbocycles. The summed E-state index contributed by atoms with van der Waals surface area (Å²) >= 11 is 0. The highest BCUT2D eigenvalue weighted by atomic mass is 16.4. The zero-order valence-electron chi connectivity index (χ0n) is 14.5. The minimum Gasteiger partial charge on any atom is -0.481 e. The maximum atomic E-state index is 12.6. The Bertz CT molecular complexity index is 717. The summed E-state index contributed by atoms with van der Waals surface area (Å²) in [5.41, 5.74) is -0.0558. The average Bonchev–Trinajstić information content (AvgIpc) is 3.17. The first-order chi connectivity index (χ1) is 12.0. The van der Waals surface area contributed by atoms with Gasteiger partial charge in [-0.05, 0) is 37.5 Å². The van der Waals surface area contributed by atoms with Crippen molar-refractivity contribution in [1.29, 1.82) is 0 Å². The Labute approximate surface area is 147 Å². The number of hydrogen-bond acceptors (Lipinski definition) is 2. The molecule has 1 amide bonds. The van der Waals surface area contributed by atoms with Crippen molar-refractivity contribution < 1.29 is 14.7 Å². The predicted molar refractivity (Wildman–Crippen MR) is 95.3 cm³/mol. The zero-order valence-corrected chi connectivity index (χ0v) is 14.5. The van der Waals surface area contributed by atoms with Crippen LogP contribution in [0.15, 0.2) is 54.9 Å². The molecule has 0 radical (unpaired) electrons. The molecular weight excluding hydrogens is 316 g/mol. The van der Waals surface area contributed by atoms with Gasteiger partial charge in [0, 0.05) is 37.9 Å². The highest BCUT2D eigenvalue weighted by molar-refractivity contribution is 5.82. The van der Waals surface area contributed by atoms with Gasteiger partial charge in [0.25, 0.3) is 0 Å². The molecule has 1 atom stereocenters. The third-order valence-corrected chi connectivity index (χ3v) is 5.31. The molecule has 1 aromatic carbocycles. The van der Waals surface area contributed by atoms with Gasteiger partial charge in [0.05, 0.1) is 5.41 Å². The lowest BCUT2D eigenvalue weighted by Crippen LogP contribution is -2.49. The van der Waals surface area contributed by atoms with Crippen molar-refractivity contribution in [3.8, 4) is 0 Å². The third kappa shape index (κ3) is 3.45. The van der Waals surface area contributed by atoms with Crippen LogP contribution in [-0.4, -0.2) is 39.5 Å². The van der Waals surface area contributed by atoms with Crippen molar-refractivity contribution in [3.63, 3.8) is 0 Å². The predicted octanol–water partition coefficient (Wildman–Crippen LogP) is 3.08. The standard InChI is InChI=1S/C20H24N2O3/c1-16(21-11-5-6-12-21)15-18(23)22-13-9-20(10-14-22,19(24)25)17-7-3-2-4-8-17/h2-8,11-12,16H,9-10,13-15H2,1H3,(H,24,25)/t16-/m0/s1. The van der Waals surface area contributed by atoms with Gasteiger partial charge in [-0.3, -0.25) is 9.59 Å². The molecule has 5 nitrogen and oxygen atoms in total. The van der Waals surface area contributed by atoms with Crippen LogP contribution >= 0.6 is 0 Å². The first-order valence-corrected chi connectivity index (χ1v) is 8.72. The number of carbonyl (C=O) groups is 2. The number of amides is 1. The Hall–Kier alpha value is -2.56. The summed E-state index contributed by atoms with van der Waals surface area (Å²) in [4.78, 5) is 26.4. The fourth-order valence-electron chi connectivity index (χ4n) is 3.65. The van der Waals surface area contributed by atoms with Gasteiger partial charge in [0.15, 0.2) is 0 Å². The van der Waals surface area contributed by atoms with Gasteiger partial charge in [-0.25, -0.2) is 0 Å². The highest BCUT2D eigenvalue weighted by Crippen LogP contribution is 2.36. The number of hydrogen-bond donors (Lipinski definition) is 1. The van der Waals surface area contributed by atoms with Gasteiger partial charge in [-0.15, -0.1) is 0 Å². The summed E-state index contributed by atoms with van der Waals surface area (Å²) in [6, 6.07) is 13.4. The van der Waals surface area contributed by atoms with E-state index >= 15 is 0 Å². The van der Waals surface area contributed by atoms with Crippen LogP contribution < -0.4 is 0 Å². The zero-order chi connectivity index (χ0) is 17.9. The van der Waals surface area contributed by atoms with E-state index in [2.05, 4.69) is 0 Å². The van der Waals surface area contributed by atoms with Crippen molar-refractivity contribution in [2.75, 3.05) is 13.1 Å². The maximum Gasteiger partial charge on any atom is 0.314 e. The van der Waals surface area contributed by atoms with E-state index in [0.29, 0.717) is 32.4 Å². The van der Waals surface area contributed by atoms with Crippen LogP contribution in [0.2, 0.25) is 0 Å². The monoisotopic (exact) mass is 340 g/mol. The topological polar surface area (TPSA) is 62.5 Å². The largest absolute Gasteiger partial charge is 0.481 e. The summed E-state index contributed by atoms with van der Waals surface area (Å²) < 4.78 is 2.02. The fraction of sp³-hybridized carbons (Fsp3) is 0.400. The second-order valence-corrected chi connectivity index (χ2v) is 6.82. The summed E-state index contributed by atoms with van der Waals surface area (Å²) in [7, 11) is 0. The smallest absolute Gasteiger partial charge is 0.314 e. The van der Waals surface area contributed by atoms with E-state index in [9.17, 15) is 14.7 Å². The minimum atomic E-state index is -0.885. The average molecular weight is 340 g/mol. The summed E-state index contributed by atoms with van der Waals surface area (Å²) in [5, 5.41) is 9.83. The number of likely N-dealkylation sites (tertiary alicyclic amines) is 1. The minimum absolute atomic E-state index is 0.0910. The Morgan fingerprint density at radius 3 is 2.24 bits per heavy atom. The molecule has 1 aliphatic rings. The maximum absolute atomic E-state index is 12.6. The first-order valence-electron chi connectivity index (χ1n) is 8.72. The van der Waals surface area contributed by atoms with Crippen molar-refractivity contribution in [2.24, 2.45) is 0 Å². The molecule has 0 aliphatic carbocycles. The molecule has 25 heavy (non-hydrogen) atoms. The molecule has 0 spiro atoms. The second-order valence-electron chi connectivity index (χ2n) is 6.82. The quantitative estimate of drug-likeness (QED) is 0.910. The molecule has 1 N–H and O–H groups in total. The summed E-state index contributed by atoms with van der Waals surface area (Å²) in [6.07, 6.45) is 5.25. The molecule has 1 aliphatic heterocycles. The Balaban J connectivity index is 1.66. The molecule has 3 rings (SSSR count). The molecular formula is C20H24N2O3. The molecule has 0 bridgehead atoms. The molecule has 1 aromatic heterocycles. The third-order valence-electron chi connectivity index (χ3n) is 5.31. The van der Waals surface area contributed by atoms with E-state index in [1.807, 2.05) is 71.2 Å². The van der Waals surface area contributed by atoms with Crippen LogP contribution in [0.25, 0.3) is 0 Å². The normalized spacial score (nSPS) is 17.9. The molecule has 0 unspecified atom stereocenters. The lowest BCUT2D eigenvalue weighted by atomic mass is 9.73. The number of piperidine rings is 1. The summed E-state index contributed by atoms with van der Waals surface area (Å²) in [5.74, 6) is -0.709. The van der Waals surface area contributed by atoms with Crippen LogP contribution in [0, 0.1) is 0 Å². The lowest BCUT2D eigenvalue weighted by Gasteiger charge is -2.39. The molecule has 1 fully saturated rings. The van der Waals surface area contributed by atoms with Crippen LogP contribution in [0.3, 0.4) is 0 Å². The van der Waals surface area contributed by atoms with Gasteiger partial charge < -0.3 is 14.6 Å². The number of aromatic nitrogens is 1. The van der Waals surface area contributed by atoms with Crippen molar-refractivity contribution in [1.82, 2.24) is 9.47 Å². The molecule has 5 heteroatoms. The number of rotatable bonds is 5. The van der Waals surface area contributed by atoms with E-state index in [0.717, 1.165) is 5.56 Å². The van der Waals surface area contributed by atoms with E-state index in [1.54, 1.807) is 0 Å². The van der Waals surface area contributed by atoms with Gasteiger partial charge in [-0.2, -0.15) is 0 Å². The van der Waals surface area contributed by atoms with Crippen LogP contribution in [0.1, 0.15) is 37.8 Å². The number of aliphatic carboxylic acids is 1. The highest BCUT2D eigenvalue weighted by Gasteiger charge is 2.43. The number of carboxylic acid groups (broad SMARTS) is 1. The van der Waals surface area contributed by atoms with Crippen molar-refractivity contribution >= 4 is 11.9 Å². The molecule has 132 valence electrons. The van der Waals surface area contributed by atoms with Crippen LogP contribution in [0.5, 0.6) is 0 Å². The summed E-state index contributed by atoms with van der Waals surface area (Å²) in [6.45, 7) is 2.99. The number of carboxylic acids is 1. The van der Waals surface area contributed by atoms with Gasteiger partial charge in [0.1, 0.15) is 0 Å². The first kappa shape index (κ1) is 17.3. The van der Waals surface area contributed by atoms with Gasteiger partial charge in [0.2, 0.25) is 5.91 Å². The Morgan fingerprint density at radius 2 is 1.68 bits per heavy atom. The SMILES string of the molecule is C[C@@H](CC(=O)N1CCC(C(=O)O)(c2ccccc2)CC1)n1cccc1. The lowest BCUT2D eigenvalue weighted by molar-refractivity contribution is -0.148. The van der Waals surface area contributed by atoms with Gasteiger partial charge in [-0.1, -0.05) is 30.3 Å². The molecule has 2 aromatic rings. The molecule has 2 heterocycles. The fourth-order valence-corrected chi connectivity index (χ4v) is 3.65. The van der Waals surface area contributed by atoms with Gasteiger partial charge >= 0.3 is 5.97 Å². The second kappa shape index (κ2) is 7.13. The number of nitrogens with zero attached hydrogens (tertiary/aromatic N) is 2. The van der Waals surface area contributed by atoms with E-state index in [4.69, 9.17) is 0 Å². The Kier molecular flexibility index (Phi) is 4.93. The Morgan fingerprint density at radius 1 is 1.08 bits per heavy atom. The van der Waals surface area contributed by atoms with Crippen molar-refractivity contribution in [3.05, 3.63) is 60.4 Å². The molecule has 1 saturated heterocycles.